The van der Waals surface area contributed by atoms with E-state index in [9.17, 15) is 10.1 Å². The van der Waals surface area contributed by atoms with Crippen molar-refractivity contribution in [3.63, 3.8) is 0 Å². The molecule has 6 heteroatoms. The molecule has 0 saturated heterocycles. The number of pyridine rings is 1. The Kier molecular flexibility index (Phi) is 4.83. The first-order valence-electron chi connectivity index (χ1n) is 6.37. The van der Waals surface area contributed by atoms with Crippen LogP contribution in [0.2, 0.25) is 0 Å². The van der Waals surface area contributed by atoms with E-state index in [2.05, 4.69) is 18.8 Å². The van der Waals surface area contributed by atoms with E-state index in [4.69, 9.17) is 5.73 Å². The number of anilines is 1. The molecule has 0 saturated carbocycles. The van der Waals surface area contributed by atoms with Gasteiger partial charge in [0.25, 0.3) is 5.69 Å². The summed E-state index contributed by atoms with van der Waals surface area (Å²) in [6.45, 7) is 9.83. The molecule has 0 bridgehead atoms. The minimum absolute atomic E-state index is 0.0582. The van der Waals surface area contributed by atoms with Crippen LogP contribution in [0.15, 0.2) is 12.3 Å². The van der Waals surface area contributed by atoms with Crippen molar-refractivity contribution >= 4 is 11.5 Å². The maximum atomic E-state index is 11.0. The average molecular weight is 266 g/mol. The van der Waals surface area contributed by atoms with Gasteiger partial charge in [-0.2, -0.15) is 0 Å². The van der Waals surface area contributed by atoms with E-state index in [0.717, 1.165) is 6.54 Å². The molecule has 0 amide bonds. The maximum absolute atomic E-state index is 11.0. The summed E-state index contributed by atoms with van der Waals surface area (Å²) in [6, 6.07) is 1.53. The Labute approximate surface area is 113 Å². The first-order chi connectivity index (χ1) is 8.80. The third-order valence-corrected chi connectivity index (χ3v) is 3.13. The van der Waals surface area contributed by atoms with Crippen LogP contribution in [-0.2, 0) is 0 Å². The molecular formula is C13H22N4O2. The Morgan fingerprint density at radius 1 is 1.53 bits per heavy atom. The van der Waals surface area contributed by atoms with Gasteiger partial charge in [0.15, 0.2) is 0 Å². The number of rotatable bonds is 6. The molecule has 1 aromatic heterocycles. The number of nitrogens with zero attached hydrogens (tertiary/aromatic N) is 3. The van der Waals surface area contributed by atoms with E-state index in [0.29, 0.717) is 24.5 Å². The predicted octanol–water partition coefficient (Wildman–Crippen LogP) is 2.11. The van der Waals surface area contributed by atoms with Crippen LogP contribution in [0.4, 0.5) is 11.5 Å². The lowest BCUT2D eigenvalue weighted by molar-refractivity contribution is -0.385. The largest absolute Gasteiger partial charge is 0.356 e. The van der Waals surface area contributed by atoms with Crippen LogP contribution in [0.1, 0.15) is 26.3 Å². The van der Waals surface area contributed by atoms with Crippen LogP contribution in [0, 0.1) is 22.5 Å². The van der Waals surface area contributed by atoms with E-state index in [1.54, 1.807) is 13.1 Å². The molecule has 1 heterocycles. The summed E-state index contributed by atoms with van der Waals surface area (Å²) in [6.07, 6.45) is 1.55. The van der Waals surface area contributed by atoms with E-state index >= 15 is 0 Å². The van der Waals surface area contributed by atoms with Gasteiger partial charge in [0.1, 0.15) is 5.82 Å². The molecule has 1 rings (SSSR count). The molecule has 2 N–H and O–H groups in total. The zero-order valence-electron chi connectivity index (χ0n) is 12.0. The van der Waals surface area contributed by atoms with Gasteiger partial charge in [-0.15, -0.1) is 0 Å². The Hall–Kier alpha value is -1.69. The van der Waals surface area contributed by atoms with Gasteiger partial charge in [-0.25, -0.2) is 4.98 Å². The fourth-order valence-corrected chi connectivity index (χ4v) is 1.81. The summed E-state index contributed by atoms with van der Waals surface area (Å²) in [4.78, 5) is 16.9. The summed E-state index contributed by atoms with van der Waals surface area (Å²) in [5.41, 5.74) is 6.35. The normalized spacial score (nSPS) is 11.4. The quantitative estimate of drug-likeness (QED) is 0.629. The van der Waals surface area contributed by atoms with Crippen molar-refractivity contribution in [2.45, 2.75) is 27.7 Å². The van der Waals surface area contributed by atoms with Gasteiger partial charge < -0.3 is 10.6 Å². The van der Waals surface area contributed by atoms with Gasteiger partial charge in [-0.3, -0.25) is 10.1 Å². The molecule has 1 aromatic rings. The first-order valence-corrected chi connectivity index (χ1v) is 6.37. The molecule has 0 radical (unpaired) electrons. The van der Waals surface area contributed by atoms with Crippen LogP contribution in [0.25, 0.3) is 0 Å². The smallest absolute Gasteiger partial charge is 0.277 e. The highest BCUT2D eigenvalue weighted by atomic mass is 16.6. The number of aryl methyl sites for hydroxylation is 1. The molecule has 0 aromatic carbocycles. The van der Waals surface area contributed by atoms with E-state index in [-0.39, 0.29) is 16.0 Å². The minimum atomic E-state index is -0.373. The highest BCUT2D eigenvalue weighted by Crippen LogP contribution is 2.25. The average Bonchev–Trinajstić information content (AvgIpc) is 2.36. The standard InChI is InChI=1S/C13H22N4O2/c1-5-16(9-13(3,4)8-14)12-6-11(17(18)19)10(2)7-15-12/h6-7H,5,8-9,14H2,1-4H3. The first kappa shape index (κ1) is 15.4. The van der Waals surface area contributed by atoms with Crippen LogP contribution in [0.3, 0.4) is 0 Å². The van der Waals surface area contributed by atoms with Crippen molar-refractivity contribution in [2.75, 3.05) is 24.5 Å². The summed E-state index contributed by atoms with van der Waals surface area (Å²) >= 11 is 0. The zero-order valence-corrected chi connectivity index (χ0v) is 12.0. The Balaban J connectivity index is 3.06. The number of aromatic nitrogens is 1. The van der Waals surface area contributed by atoms with Crippen molar-refractivity contribution in [3.8, 4) is 0 Å². The number of nitrogens with two attached hydrogens (primary N) is 1. The molecule has 0 unspecified atom stereocenters. The highest BCUT2D eigenvalue weighted by molar-refractivity contribution is 5.50. The Morgan fingerprint density at radius 2 is 2.16 bits per heavy atom. The van der Waals surface area contributed by atoms with Crippen LogP contribution >= 0.6 is 0 Å². The maximum Gasteiger partial charge on any atom is 0.277 e. The van der Waals surface area contributed by atoms with Gasteiger partial charge in [0, 0.05) is 24.8 Å². The third-order valence-electron chi connectivity index (χ3n) is 3.13. The number of nitro groups is 1. The van der Waals surface area contributed by atoms with E-state index in [1.165, 1.54) is 6.07 Å². The second-order valence-corrected chi connectivity index (χ2v) is 5.47. The second-order valence-electron chi connectivity index (χ2n) is 5.47. The van der Waals surface area contributed by atoms with Crippen molar-refractivity contribution in [1.82, 2.24) is 4.98 Å². The Morgan fingerprint density at radius 3 is 2.63 bits per heavy atom. The number of hydrogen-bond donors (Lipinski definition) is 1. The molecule has 0 aliphatic rings. The summed E-state index contributed by atoms with van der Waals surface area (Å²) in [7, 11) is 0. The number of hydrogen-bond acceptors (Lipinski definition) is 5. The Bertz CT molecular complexity index is 460. The van der Waals surface area contributed by atoms with Crippen molar-refractivity contribution in [2.24, 2.45) is 11.1 Å². The third kappa shape index (κ3) is 3.89. The summed E-state index contributed by atoms with van der Waals surface area (Å²) in [5, 5.41) is 11.0. The highest BCUT2D eigenvalue weighted by Gasteiger charge is 2.22. The minimum Gasteiger partial charge on any atom is -0.356 e. The summed E-state index contributed by atoms with van der Waals surface area (Å²) < 4.78 is 0. The van der Waals surface area contributed by atoms with Gasteiger partial charge >= 0.3 is 0 Å². The molecule has 0 fully saturated rings. The van der Waals surface area contributed by atoms with Gasteiger partial charge in [-0.1, -0.05) is 13.8 Å². The molecule has 0 spiro atoms. The van der Waals surface area contributed by atoms with Crippen molar-refractivity contribution < 1.29 is 4.92 Å². The second kappa shape index (κ2) is 5.97. The summed E-state index contributed by atoms with van der Waals surface area (Å²) in [5.74, 6) is 0.626. The van der Waals surface area contributed by atoms with Crippen LogP contribution < -0.4 is 10.6 Å². The lowest BCUT2D eigenvalue weighted by Crippen LogP contribution is -2.39. The van der Waals surface area contributed by atoms with Gasteiger partial charge in [0.05, 0.1) is 11.0 Å². The predicted molar refractivity (Wildman–Crippen MR) is 76.4 cm³/mol. The van der Waals surface area contributed by atoms with E-state index in [1.807, 2.05) is 11.8 Å². The fraction of sp³-hybridized carbons (Fsp3) is 0.615. The molecule has 0 atom stereocenters. The lowest BCUT2D eigenvalue weighted by atomic mass is 9.93. The van der Waals surface area contributed by atoms with Gasteiger partial charge in [0.2, 0.25) is 0 Å². The molecule has 106 valence electrons. The van der Waals surface area contributed by atoms with Crippen molar-refractivity contribution in [3.05, 3.63) is 27.9 Å². The molecule has 0 aliphatic carbocycles. The fourth-order valence-electron chi connectivity index (χ4n) is 1.81. The zero-order chi connectivity index (χ0) is 14.6. The molecular weight excluding hydrogens is 244 g/mol. The molecule has 6 nitrogen and oxygen atoms in total. The monoisotopic (exact) mass is 266 g/mol. The molecule has 19 heavy (non-hydrogen) atoms. The van der Waals surface area contributed by atoms with Gasteiger partial charge in [-0.05, 0) is 25.8 Å². The van der Waals surface area contributed by atoms with Crippen LogP contribution in [-0.4, -0.2) is 29.5 Å². The van der Waals surface area contributed by atoms with Crippen LogP contribution in [0.5, 0.6) is 0 Å². The SMILES string of the molecule is CCN(CC(C)(C)CN)c1cc([N+](=O)[O-])c(C)cn1. The molecule has 0 aliphatic heterocycles. The van der Waals surface area contributed by atoms with Crippen molar-refractivity contribution in [1.29, 1.82) is 0 Å². The lowest BCUT2D eigenvalue weighted by Gasteiger charge is -2.31. The van der Waals surface area contributed by atoms with E-state index < -0.39 is 0 Å². The topological polar surface area (TPSA) is 85.3 Å².